The number of halogens is 1. The zero-order chi connectivity index (χ0) is 16.0. The molecule has 0 heterocycles. The van der Waals surface area contributed by atoms with Gasteiger partial charge in [-0.3, -0.25) is 14.9 Å². The first kappa shape index (κ1) is 16.4. The van der Waals surface area contributed by atoms with Gasteiger partial charge in [-0.05, 0) is 19.1 Å². The monoisotopic (exact) mass is 315 g/mol. The first-order chi connectivity index (χ1) is 9.90. The standard InChI is InChI=1S/C11H10ClN3O6/c1-2-21-11(17)9(14-18)10(16)13-7-5-6(12)3-4-8(7)15(19)20/h3-5,18H,2H2,1H3,(H,13,16). The van der Waals surface area contributed by atoms with E-state index in [0.717, 1.165) is 12.1 Å². The normalized spacial score (nSPS) is 10.9. The summed E-state index contributed by atoms with van der Waals surface area (Å²) in [5, 5.41) is 24.2. The van der Waals surface area contributed by atoms with Gasteiger partial charge in [-0.2, -0.15) is 0 Å². The van der Waals surface area contributed by atoms with E-state index in [1.165, 1.54) is 13.0 Å². The van der Waals surface area contributed by atoms with E-state index < -0.39 is 28.2 Å². The molecule has 10 heteroatoms. The van der Waals surface area contributed by atoms with Crippen molar-refractivity contribution in [3.63, 3.8) is 0 Å². The molecular weight excluding hydrogens is 306 g/mol. The summed E-state index contributed by atoms with van der Waals surface area (Å²) in [6.45, 7) is 1.45. The van der Waals surface area contributed by atoms with Crippen LogP contribution in [0.1, 0.15) is 6.92 Å². The van der Waals surface area contributed by atoms with E-state index >= 15 is 0 Å². The fraction of sp³-hybridized carbons (Fsp3) is 0.182. The van der Waals surface area contributed by atoms with Crippen molar-refractivity contribution >= 4 is 40.6 Å². The van der Waals surface area contributed by atoms with E-state index in [4.69, 9.17) is 16.8 Å². The summed E-state index contributed by atoms with van der Waals surface area (Å²) in [7, 11) is 0. The lowest BCUT2D eigenvalue weighted by atomic mass is 10.2. The number of nitro groups is 1. The molecule has 21 heavy (non-hydrogen) atoms. The molecular formula is C11H10ClN3O6. The van der Waals surface area contributed by atoms with Crippen LogP contribution in [0.2, 0.25) is 5.02 Å². The number of carbonyl (C=O) groups excluding carboxylic acids is 2. The van der Waals surface area contributed by atoms with Gasteiger partial charge in [0.25, 0.3) is 17.3 Å². The number of benzene rings is 1. The predicted octanol–water partition coefficient (Wildman–Crippen LogP) is 1.58. The molecule has 0 bridgehead atoms. The van der Waals surface area contributed by atoms with Crippen LogP contribution in [0.25, 0.3) is 0 Å². The maximum absolute atomic E-state index is 11.8. The summed E-state index contributed by atoms with van der Waals surface area (Å²) in [5.74, 6) is -2.33. The highest BCUT2D eigenvalue weighted by Crippen LogP contribution is 2.27. The molecule has 2 N–H and O–H groups in total. The molecule has 0 saturated carbocycles. The molecule has 0 atom stereocenters. The highest BCUT2D eigenvalue weighted by Gasteiger charge is 2.25. The molecule has 0 aliphatic rings. The third kappa shape index (κ3) is 4.14. The number of esters is 1. The Hall–Kier alpha value is -2.68. The summed E-state index contributed by atoms with van der Waals surface area (Å²) < 4.78 is 4.50. The first-order valence-corrected chi connectivity index (χ1v) is 5.93. The molecule has 0 aliphatic carbocycles. The predicted molar refractivity (Wildman–Crippen MR) is 72.6 cm³/mol. The van der Waals surface area contributed by atoms with Crippen LogP contribution in [0.15, 0.2) is 23.4 Å². The van der Waals surface area contributed by atoms with Gasteiger partial charge >= 0.3 is 5.97 Å². The average Bonchev–Trinajstić information content (AvgIpc) is 2.39. The van der Waals surface area contributed by atoms with E-state index in [9.17, 15) is 19.7 Å². The van der Waals surface area contributed by atoms with Crippen LogP contribution < -0.4 is 5.32 Å². The summed E-state index contributed by atoms with van der Waals surface area (Å²) in [5.41, 5.74) is -1.62. The van der Waals surface area contributed by atoms with E-state index in [-0.39, 0.29) is 17.3 Å². The van der Waals surface area contributed by atoms with Crippen LogP contribution in [0.5, 0.6) is 0 Å². The number of ether oxygens (including phenoxy) is 1. The Labute approximate surface area is 123 Å². The van der Waals surface area contributed by atoms with E-state index in [2.05, 4.69) is 15.2 Å². The molecule has 1 amide bonds. The Kier molecular flexibility index (Phi) is 5.61. The smallest absolute Gasteiger partial charge is 0.366 e. The number of nitro benzene ring substituents is 1. The highest BCUT2D eigenvalue weighted by molar-refractivity contribution is 6.65. The van der Waals surface area contributed by atoms with Crippen molar-refractivity contribution in [3.05, 3.63) is 33.3 Å². The third-order valence-electron chi connectivity index (χ3n) is 2.19. The van der Waals surface area contributed by atoms with Crippen LogP contribution >= 0.6 is 11.6 Å². The zero-order valence-corrected chi connectivity index (χ0v) is 11.5. The van der Waals surface area contributed by atoms with Gasteiger partial charge in [0.1, 0.15) is 5.69 Å². The molecule has 0 aromatic heterocycles. The van der Waals surface area contributed by atoms with Crippen LogP contribution in [-0.4, -0.2) is 34.3 Å². The number of nitrogens with zero attached hydrogens (tertiary/aromatic N) is 2. The molecule has 0 saturated heterocycles. The number of hydrogen-bond donors (Lipinski definition) is 2. The minimum absolute atomic E-state index is 0.0392. The second-order valence-electron chi connectivity index (χ2n) is 3.54. The van der Waals surface area contributed by atoms with E-state index in [1.807, 2.05) is 0 Å². The highest BCUT2D eigenvalue weighted by atomic mass is 35.5. The van der Waals surface area contributed by atoms with Gasteiger partial charge in [-0.15, -0.1) is 0 Å². The minimum Gasteiger partial charge on any atom is -0.461 e. The number of carbonyl (C=O) groups is 2. The lowest BCUT2D eigenvalue weighted by molar-refractivity contribution is -0.383. The van der Waals surface area contributed by atoms with Gasteiger partial charge in [-0.1, -0.05) is 16.8 Å². The topological polar surface area (TPSA) is 131 Å². The summed E-state index contributed by atoms with van der Waals surface area (Å²) in [6.07, 6.45) is 0. The Morgan fingerprint density at radius 2 is 2.19 bits per heavy atom. The molecule has 1 aromatic carbocycles. The van der Waals surface area contributed by atoms with Crippen LogP contribution in [0, 0.1) is 10.1 Å². The average molecular weight is 316 g/mol. The number of oxime groups is 1. The Balaban J connectivity index is 3.05. The second-order valence-corrected chi connectivity index (χ2v) is 3.98. The Morgan fingerprint density at radius 1 is 1.52 bits per heavy atom. The number of hydrogen-bond acceptors (Lipinski definition) is 7. The van der Waals surface area contributed by atoms with Crippen molar-refractivity contribution in [2.45, 2.75) is 6.92 Å². The molecule has 112 valence electrons. The fourth-order valence-electron chi connectivity index (χ4n) is 1.33. The van der Waals surface area contributed by atoms with Crippen molar-refractivity contribution in [3.8, 4) is 0 Å². The van der Waals surface area contributed by atoms with E-state index in [1.54, 1.807) is 0 Å². The SMILES string of the molecule is CCOC(=O)C(=NO)C(=O)Nc1cc(Cl)ccc1[N+](=O)[O-]. The molecule has 1 aromatic rings. The lowest BCUT2D eigenvalue weighted by Crippen LogP contribution is -2.31. The van der Waals surface area contributed by atoms with Gasteiger partial charge < -0.3 is 15.3 Å². The number of anilines is 1. The molecule has 9 nitrogen and oxygen atoms in total. The van der Waals surface area contributed by atoms with Crippen LogP contribution in [0.4, 0.5) is 11.4 Å². The summed E-state index contributed by atoms with van der Waals surface area (Å²) in [6, 6.07) is 3.47. The number of amides is 1. The van der Waals surface area contributed by atoms with Crippen molar-refractivity contribution in [1.29, 1.82) is 0 Å². The molecule has 0 fully saturated rings. The van der Waals surface area contributed by atoms with Crippen LogP contribution in [0.3, 0.4) is 0 Å². The summed E-state index contributed by atoms with van der Waals surface area (Å²) >= 11 is 5.69. The Morgan fingerprint density at radius 3 is 2.71 bits per heavy atom. The molecule has 0 aliphatic heterocycles. The van der Waals surface area contributed by atoms with Crippen molar-refractivity contribution in [2.24, 2.45) is 5.16 Å². The maximum Gasteiger partial charge on any atom is 0.366 e. The number of rotatable bonds is 5. The minimum atomic E-state index is -1.17. The van der Waals surface area contributed by atoms with Gasteiger partial charge in [0.05, 0.1) is 11.5 Å². The van der Waals surface area contributed by atoms with Gasteiger partial charge in [-0.25, -0.2) is 4.79 Å². The molecule has 0 spiro atoms. The lowest BCUT2D eigenvalue weighted by Gasteiger charge is -2.07. The van der Waals surface area contributed by atoms with Gasteiger partial charge in [0.2, 0.25) is 0 Å². The largest absolute Gasteiger partial charge is 0.461 e. The fourth-order valence-corrected chi connectivity index (χ4v) is 1.50. The summed E-state index contributed by atoms with van der Waals surface area (Å²) in [4.78, 5) is 33.2. The van der Waals surface area contributed by atoms with E-state index in [0.29, 0.717) is 0 Å². The van der Waals surface area contributed by atoms with Gasteiger partial charge in [0.15, 0.2) is 0 Å². The zero-order valence-electron chi connectivity index (χ0n) is 10.7. The molecule has 1 rings (SSSR count). The third-order valence-corrected chi connectivity index (χ3v) is 2.42. The Bertz CT molecular complexity index is 616. The first-order valence-electron chi connectivity index (χ1n) is 5.55. The van der Waals surface area contributed by atoms with Gasteiger partial charge in [0, 0.05) is 11.1 Å². The van der Waals surface area contributed by atoms with Crippen molar-refractivity contribution < 1.29 is 24.5 Å². The number of nitrogens with one attached hydrogen (secondary N) is 1. The van der Waals surface area contributed by atoms with Crippen molar-refractivity contribution in [1.82, 2.24) is 0 Å². The molecule has 0 unspecified atom stereocenters. The second kappa shape index (κ2) is 7.20. The maximum atomic E-state index is 11.8. The van der Waals surface area contributed by atoms with Crippen molar-refractivity contribution in [2.75, 3.05) is 11.9 Å². The van der Waals surface area contributed by atoms with Crippen LogP contribution in [-0.2, 0) is 14.3 Å². The quantitative estimate of drug-likeness (QED) is 0.212. The molecule has 0 radical (unpaired) electrons.